The van der Waals surface area contributed by atoms with Gasteiger partial charge in [-0.05, 0) is 36.6 Å². The zero-order valence-electron chi connectivity index (χ0n) is 9.20. The summed E-state index contributed by atoms with van der Waals surface area (Å²) in [7, 11) is 0. The van der Waals surface area contributed by atoms with E-state index in [4.69, 9.17) is 4.74 Å². The summed E-state index contributed by atoms with van der Waals surface area (Å²) in [5.74, 6) is 1.99. The number of hydrogen-bond acceptors (Lipinski definition) is 2. The van der Waals surface area contributed by atoms with Crippen LogP contribution in [0.1, 0.15) is 25.3 Å². The highest BCUT2D eigenvalue weighted by atomic mass is 32.1. The van der Waals surface area contributed by atoms with Crippen molar-refractivity contribution in [2.75, 3.05) is 12.4 Å². The van der Waals surface area contributed by atoms with Crippen LogP contribution in [0.4, 0.5) is 0 Å². The van der Waals surface area contributed by atoms with Crippen LogP contribution in [-0.2, 0) is 6.42 Å². The molecule has 0 spiro atoms. The first kappa shape index (κ1) is 10.9. The van der Waals surface area contributed by atoms with Gasteiger partial charge in [0.2, 0.25) is 0 Å². The summed E-state index contributed by atoms with van der Waals surface area (Å²) in [6, 6.07) is 8.30. The van der Waals surface area contributed by atoms with E-state index in [1.54, 1.807) is 0 Å². The summed E-state index contributed by atoms with van der Waals surface area (Å²) < 4.78 is 5.90. The fourth-order valence-corrected chi connectivity index (χ4v) is 2.10. The quantitative estimate of drug-likeness (QED) is 0.752. The maximum atomic E-state index is 5.90. The lowest BCUT2D eigenvalue weighted by Gasteiger charge is -2.15. The number of benzene rings is 1. The van der Waals surface area contributed by atoms with Gasteiger partial charge >= 0.3 is 0 Å². The Kier molecular flexibility index (Phi) is 3.25. The number of para-hydroxylation sites is 1. The van der Waals surface area contributed by atoms with Crippen molar-refractivity contribution < 1.29 is 4.74 Å². The fraction of sp³-hybridized carbons (Fsp3) is 0.538. The topological polar surface area (TPSA) is 9.23 Å². The SMILES string of the molecule is CCc1ccccc1OCC1(CS)CC1. The van der Waals surface area contributed by atoms with E-state index < -0.39 is 0 Å². The standard InChI is InChI=1S/C13H18OS/c1-2-11-5-3-4-6-12(11)14-9-13(10-15)7-8-13/h3-6,15H,2,7-10H2,1H3. The number of ether oxygens (including phenoxy) is 1. The summed E-state index contributed by atoms with van der Waals surface area (Å²) in [5, 5.41) is 0. The first-order chi connectivity index (χ1) is 7.29. The lowest BCUT2D eigenvalue weighted by Crippen LogP contribution is -2.15. The molecule has 0 aliphatic heterocycles. The number of thiol groups is 1. The monoisotopic (exact) mass is 222 g/mol. The summed E-state index contributed by atoms with van der Waals surface area (Å²) in [6.45, 7) is 2.99. The van der Waals surface area contributed by atoms with Crippen molar-refractivity contribution in [3.63, 3.8) is 0 Å². The second-order valence-corrected chi connectivity index (χ2v) is 4.72. The lowest BCUT2D eigenvalue weighted by molar-refractivity contribution is 0.248. The number of aryl methyl sites for hydroxylation is 1. The summed E-state index contributed by atoms with van der Waals surface area (Å²) in [6.07, 6.45) is 3.57. The Labute approximate surface area is 97.2 Å². The minimum absolute atomic E-state index is 0.379. The molecule has 0 heterocycles. The average molecular weight is 222 g/mol. The van der Waals surface area contributed by atoms with E-state index in [2.05, 4.69) is 37.8 Å². The van der Waals surface area contributed by atoms with Crippen molar-refractivity contribution in [1.29, 1.82) is 0 Å². The van der Waals surface area contributed by atoms with E-state index in [9.17, 15) is 0 Å². The van der Waals surface area contributed by atoms with E-state index in [1.807, 2.05) is 6.07 Å². The van der Waals surface area contributed by atoms with Crippen LogP contribution < -0.4 is 4.74 Å². The Balaban J connectivity index is 1.98. The molecule has 82 valence electrons. The van der Waals surface area contributed by atoms with Gasteiger partial charge in [0.25, 0.3) is 0 Å². The highest BCUT2D eigenvalue weighted by molar-refractivity contribution is 7.80. The van der Waals surface area contributed by atoms with Gasteiger partial charge in [-0.3, -0.25) is 0 Å². The molecule has 0 unspecified atom stereocenters. The van der Waals surface area contributed by atoms with Gasteiger partial charge in [-0.15, -0.1) is 0 Å². The van der Waals surface area contributed by atoms with Gasteiger partial charge in [0.05, 0.1) is 6.61 Å². The van der Waals surface area contributed by atoms with Crippen molar-refractivity contribution in [2.45, 2.75) is 26.2 Å². The van der Waals surface area contributed by atoms with Gasteiger partial charge in [0.1, 0.15) is 5.75 Å². The molecule has 1 nitrogen and oxygen atoms in total. The van der Waals surface area contributed by atoms with Crippen molar-refractivity contribution in [1.82, 2.24) is 0 Å². The van der Waals surface area contributed by atoms with Crippen LogP contribution in [0.3, 0.4) is 0 Å². The maximum Gasteiger partial charge on any atom is 0.122 e. The highest BCUT2D eigenvalue weighted by Crippen LogP contribution is 2.46. The van der Waals surface area contributed by atoms with Crippen molar-refractivity contribution >= 4 is 12.6 Å². The van der Waals surface area contributed by atoms with Crippen LogP contribution in [0.2, 0.25) is 0 Å². The molecule has 0 bridgehead atoms. The lowest BCUT2D eigenvalue weighted by atomic mass is 10.1. The minimum atomic E-state index is 0.379. The van der Waals surface area contributed by atoms with Gasteiger partial charge < -0.3 is 4.74 Å². The Morgan fingerprint density at radius 1 is 1.33 bits per heavy atom. The average Bonchev–Trinajstić information content (AvgIpc) is 3.07. The molecule has 2 heteroatoms. The van der Waals surface area contributed by atoms with Crippen LogP contribution in [-0.4, -0.2) is 12.4 Å². The maximum absolute atomic E-state index is 5.90. The largest absolute Gasteiger partial charge is 0.493 e. The van der Waals surface area contributed by atoms with Gasteiger partial charge in [0.15, 0.2) is 0 Å². The van der Waals surface area contributed by atoms with Crippen LogP contribution >= 0.6 is 12.6 Å². The Morgan fingerprint density at radius 2 is 2.07 bits per heavy atom. The molecular weight excluding hydrogens is 204 g/mol. The van der Waals surface area contributed by atoms with Gasteiger partial charge in [-0.2, -0.15) is 12.6 Å². The molecule has 1 fully saturated rings. The van der Waals surface area contributed by atoms with E-state index in [1.165, 1.54) is 18.4 Å². The van der Waals surface area contributed by atoms with Crippen molar-refractivity contribution in [2.24, 2.45) is 5.41 Å². The van der Waals surface area contributed by atoms with E-state index in [0.717, 1.165) is 24.5 Å². The zero-order valence-corrected chi connectivity index (χ0v) is 10.1. The van der Waals surface area contributed by atoms with Crippen LogP contribution in [0, 0.1) is 5.41 Å². The smallest absolute Gasteiger partial charge is 0.122 e. The third-order valence-electron chi connectivity index (χ3n) is 3.18. The van der Waals surface area contributed by atoms with Crippen molar-refractivity contribution in [3.8, 4) is 5.75 Å². The second kappa shape index (κ2) is 4.48. The van der Waals surface area contributed by atoms with Gasteiger partial charge in [-0.1, -0.05) is 25.1 Å². The summed E-state index contributed by atoms with van der Waals surface area (Å²) in [5.41, 5.74) is 1.68. The van der Waals surface area contributed by atoms with E-state index >= 15 is 0 Å². The van der Waals surface area contributed by atoms with Crippen molar-refractivity contribution in [3.05, 3.63) is 29.8 Å². The first-order valence-corrected chi connectivity index (χ1v) is 6.24. The van der Waals surface area contributed by atoms with E-state index in [-0.39, 0.29) is 0 Å². The molecule has 2 rings (SSSR count). The van der Waals surface area contributed by atoms with E-state index in [0.29, 0.717) is 5.41 Å². The molecule has 0 radical (unpaired) electrons. The molecule has 1 aliphatic carbocycles. The molecular formula is C13H18OS. The molecule has 0 N–H and O–H groups in total. The second-order valence-electron chi connectivity index (χ2n) is 4.41. The number of rotatable bonds is 5. The predicted molar refractivity (Wildman–Crippen MR) is 66.8 cm³/mol. The fourth-order valence-electron chi connectivity index (χ4n) is 1.69. The number of hydrogen-bond donors (Lipinski definition) is 1. The first-order valence-electron chi connectivity index (χ1n) is 5.61. The normalized spacial score (nSPS) is 17.5. The molecule has 1 saturated carbocycles. The Bertz CT molecular complexity index is 331. The molecule has 0 atom stereocenters. The van der Waals surface area contributed by atoms with Crippen LogP contribution in [0.15, 0.2) is 24.3 Å². The Morgan fingerprint density at radius 3 is 2.67 bits per heavy atom. The van der Waals surface area contributed by atoms with Crippen LogP contribution in [0.5, 0.6) is 5.75 Å². The minimum Gasteiger partial charge on any atom is -0.493 e. The molecule has 1 aliphatic rings. The summed E-state index contributed by atoms with van der Waals surface area (Å²) in [4.78, 5) is 0. The van der Waals surface area contributed by atoms with Gasteiger partial charge in [0, 0.05) is 5.41 Å². The highest BCUT2D eigenvalue weighted by Gasteiger charge is 2.42. The molecule has 1 aromatic rings. The molecule has 15 heavy (non-hydrogen) atoms. The Hall–Kier alpha value is -0.630. The van der Waals surface area contributed by atoms with Crippen LogP contribution in [0.25, 0.3) is 0 Å². The summed E-state index contributed by atoms with van der Waals surface area (Å²) >= 11 is 4.38. The zero-order chi connectivity index (χ0) is 10.7. The predicted octanol–water partition coefficient (Wildman–Crippen LogP) is 3.34. The van der Waals surface area contributed by atoms with Gasteiger partial charge in [-0.25, -0.2) is 0 Å². The molecule has 0 aromatic heterocycles. The third kappa shape index (κ3) is 2.49. The molecule has 0 amide bonds. The third-order valence-corrected chi connectivity index (χ3v) is 3.85. The molecule has 0 saturated heterocycles. The molecule has 1 aromatic carbocycles.